The van der Waals surface area contributed by atoms with Crippen LogP contribution in [0.3, 0.4) is 0 Å². The summed E-state index contributed by atoms with van der Waals surface area (Å²) in [5, 5.41) is 73.2. The molecule has 0 bridgehead atoms. The summed E-state index contributed by atoms with van der Waals surface area (Å²) in [5.74, 6) is -0.190. The van der Waals surface area contributed by atoms with Crippen LogP contribution in [0.25, 0.3) is 0 Å². The molecule has 0 spiro atoms. The summed E-state index contributed by atoms with van der Waals surface area (Å²) in [4.78, 5) is 9.22. The molecule has 0 aromatic heterocycles. The van der Waals surface area contributed by atoms with Crippen molar-refractivity contribution < 1.29 is 73.6 Å². The molecular formula is C36H51N3O15. The van der Waals surface area contributed by atoms with E-state index in [4.69, 9.17) is 48.6 Å². The smallest absolute Gasteiger partial charge is 0.182 e. The second-order valence-corrected chi connectivity index (χ2v) is 13.3. The number of aliphatic imine (C=N–C) groups is 2. The van der Waals surface area contributed by atoms with E-state index in [1.165, 1.54) is 45.9 Å². The van der Waals surface area contributed by atoms with Crippen LogP contribution in [0.2, 0.25) is 0 Å². The maximum atomic E-state index is 11.7. The van der Waals surface area contributed by atoms with Crippen LogP contribution in [0, 0.1) is 5.92 Å². The summed E-state index contributed by atoms with van der Waals surface area (Å²) in [5.41, 5.74) is 7.36. The lowest BCUT2D eigenvalue weighted by Crippen LogP contribution is -2.63. The molecule has 3 fully saturated rings. The minimum absolute atomic E-state index is 0.0437. The number of nitrogens with zero attached hydrogens (tertiary/aromatic N) is 2. The normalized spacial score (nSPS) is 36.1. The van der Waals surface area contributed by atoms with Crippen LogP contribution in [0.5, 0.6) is 23.0 Å². The maximum absolute atomic E-state index is 11.7. The molecule has 18 nitrogen and oxygen atoms in total. The second kappa shape index (κ2) is 18.9. The SMILES string of the molecule is COc1cc(/C=N/C2CC(OC3OC(CO)C(C)C(O)C3N)C(CO)OC2OC2C(CO)OC(OC)C(/N=C/c3ccc(O)c(OC)c3)C2O)ccc1O. The summed E-state index contributed by atoms with van der Waals surface area (Å²) >= 11 is 0. The van der Waals surface area contributed by atoms with Crippen molar-refractivity contribution in [3.05, 3.63) is 47.5 Å². The fraction of sp³-hybridized carbons (Fsp3) is 0.611. The van der Waals surface area contributed by atoms with Gasteiger partial charge in [-0.05, 0) is 47.5 Å². The first kappa shape index (κ1) is 41.7. The molecule has 18 heteroatoms. The van der Waals surface area contributed by atoms with E-state index in [-0.39, 0.29) is 36.0 Å². The van der Waals surface area contributed by atoms with E-state index in [1.54, 1.807) is 31.2 Å². The van der Waals surface area contributed by atoms with Gasteiger partial charge in [0.1, 0.15) is 36.5 Å². The van der Waals surface area contributed by atoms with Crippen LogP contribution in [0.1, 0.15) is 24.5 Å². The molecule has 14 unspecified atom stereocenters. The van der Waals surface area contributed by atoms with Crippen molar-refractivity contribution in [3.8, 4) is 23.0 Å². The van der Waals surface area contributed by atoms with E-state index in [2.05, 4.69) is 4.99 Å². The molecule has 0 saturated carbocycles. The molecular weight excluding hydrogens is 714 g/mol. The van der Waals surface area contributed by atoms with Crippen LogP contribution in [-0.4, -0.2) is 169 Å². The van der Waals surface area contributed by atoms with Crippen LogP contribution >= 0.6 is 0 Å². The molecule has 2 aromatic carbocycles. The van der Waals surface area contributed by atoms with E-state index in [9.17, 15) is 35.7 Å². The van der Waals surface area contributed by atoms with E-state index in [0.29, 0.717) is 11.1 Å². The van der Waals surface area contributed by atoms with Crippen molar-refractivity contribution in [2.24, 2.45) is 21.6 Å². The lowest BCUT2D eigenvalue weighted by atomic mass is 9.90. The third-order valence-corrected chi connectivity index (χ3v) is 9.89. The molecule has 3 aliphatic rings. The Kier molecular flexibility index (Phi) is 14.6. The van der Waals surface area contributed by atoms with Gasteiger partial charge in [0.25, 0.3) is 0 Å². The van der Waals surface area contributed by atoms with Crippen molar-refractivity contribution in [1.29, 1.82) is 0 Å². The van der Waals surface area contributed by atoms with Crippen LogP contribution < -0.4 is 15.2 Å². The third kappa shape index (κ3) is 9.30. The standard InChI is InChI=1S/C36H51N3O15/c1-17-26(14-40)51-35(29(37)31(17)45)50-25-11-20(38-12-18-5-7-21(43)23(9-18)47-2)34(52-27(25)15-41)54-33-28(16-42)53-36(49-4)30(32(33)46)39-13-19-6-8-22(44)24(10-19)48-3/h5-10,12-13,17,20,25-36,40-46H,11,14-16,37H2,1-4H3/b38-12+,39-13+. The number of rotatable bonds is 14. The molecule has 0 amide bonds. The van der Waals surface area contributed by atoms with Gasteiger partial charge in [0.05, 0.1) is 58.4 Å². The Labute approximate surface area is 312 Å². The number of aliphatic hydroxyl groups excluding tert-OH is 5. The Balaban J connectivity index is 1.43. The highest BCUT2D eigenvalue weighted by molar-refractivity contribution is 5.81. The van der Waals surface area contributed by atoms with Crippen molar-refractivity contribution in [2.75, 3.05) is 41.2 Å². The van der Waals surface area contributed by atoms with Crippen molar-refractivity contribution in [2.45, 2.75) is 93.1 Å². The number of benzene rings is 2. The van der Waals surface area contributed by atoms with E-state index >= 15 is 0 Å². The number of phenolic OH excluding ortho intramolecular Hbond substituents is 2. The first-order chi connectivity index (χ1) is 26.0. The monoisotopic (exact) mass is 765 g/mol. The summed E-state index contributed by atoms with van der Waals surface area (Å²) < 4.78 is 46.6. The summed E-state index contributed by atoms with van der Waals surface area (Å²) in [6.07, 6.45) is -8.15. The fourth-order valence-corrected chi connectivity index (χ4v) is 6.66. The van der Waals surface area contributed by atoms with Crippen molar-refractivity contribution in [1.82, 2.24) is 0 Å². The number of nitrogens with two attached hydrogens (primary N) is 1. The Hall–Kier alpha value is -3.50. The molecule has 3 aliphatic heterocycles. The zero-order valence-corrected chi connectivity index (χ0v) is 30.4. The number of phenols is 2. The molecule has 54 heavy (non-hydrogen) atoms. The number of methoxy groups -OCH3 is 3. The van der Waals surface area contributed by atoms with E-state index < -0.39 is 98.9 Å². The molecule has 14 atom stereocenters. The van der Waals surface area contributed by atoms with Gasteiger partial charge in [-0.2, -0.15) is 0 Å². The van der Waals surface area contributed by atoms with E-state index in [0.717, 1.165) is 0 Å². The van der Waals surface area contributed by atoms with Gasteiger partial charge in [0.2, 0.25) is 0 Å². The predicted molar refractivity (Wildman–Crippen MR) is 190 cm³/mol. The molecule has 9 N–H and O–H groups in total. The molecule has 5 rings (SSSR count). The minimum Gasteiger partial charge on any atom is -0.504 e. The number of aromatic hydroxyl groups is 2. The predicted octanol–water partition coefficient (Wildman–Crippen LogP) is -0.966. The summed E-state index contributed by atoms with van der Waals surface area (Å²) in [7, 11) is 4.18. The Morgan fingerprint density at radius 2 is 1.30 bits per heavy atom. The van der Waals surface area contributed by atoms with Gasteiger partial charge in [-0.15, -0.1) is 0 Å². The maximum Gasteiger partial charge on any atom is 0.182 e. The summed E-state index contributed by atoms with van der Waals surface area (Å²) in [6, 6.07) is 6.23. The Morgan fingerprint density at radius 1 is 0.741 bits per heavy atom. The van der Waals surface area contributed by atoms with Gasteiger partial charge in [-0.3, -0.25) is 9.98 Å². The zero-order chi connectivity index (χ0) is 39.1. The van der Waals surface area contributed by atoms with E-state index in [1.807, 2.05) is 0 Å². The Bertz CT molecular complexity index is 1570. The lowest BCUT2D eigenvalue weighted by molar-refractivity contribution is -0.332. The van der Waals surface area contributed by atoms with Gasteiger partial charge < -0.3 is 79.4 Å². The molecule has 3 saturated heterocycles. The van der Waals surface area contributed by atoms with Crippen LogP contribution in [0.4, 0.5) is 0 Å². The highest BCUT2D eigenvalue weighted by Crippen LogP contribution is 2.35. The Morgan fingerprint density at radius 3 is 1.85 bits per heavy atom. The highest BCUT2D eigenvalue weighted by atomic mass is 16.7. The zero-order valence-electron chi connectivity index (χ0n) is 30.4. The second-order valence-electron chi connectivity index (χ2n) is 13.3. The molecule has 0 radical (unpaired) electrons. The largest absolute Gasteiger partial charge is 0.504 e. The van der Waals surface area contributed by atoms with Crippen molar-refractivity contribution in [3.63, 3.8) is 0 Å². The number of aliphatic hydroxyl groups is 5. The molecule has 3 heterocycles. The first-order valence-corrected chi connectivity index (χ1v) is 17.5. The van der Waals surface area contributed by atoms with Crippen molar-refractivity contribution >= 4 is 12.4 Å². The van der Waals surface area contributed by atoms with Gasteiger partial charge in [0.15, 0.2) is 41.9 Å². The first-order valence-electron chi connectivity index (χ1n) is 17.5. The molecule has 2 aromatic rings. The number of hydrogen-bond donors (Lipinski definition) is 8. The average Bonchev–Trinajstić information content (AvgIpc) is 3.18. The highest BCUT2D eigenvalue weighted by Gasteiger charge is 2.50. The van der Waals surface area contributed by atoms with Crippen LogP contribution in [-0.2, 0) is 28.4 Å². The molecule has 0 aliphatic carbocycles. The van der Waals surface area contributed by atoms with Gasteiger partial charge >= 0.3 is 0 Å². The van der Waals surface area contributed by atoms with Crippen LogP contribution in [0.15, 0.2) is 46.4 Å². The third-order valence-electron chi connectivity index (χ3n) is 9.89. The quantitative estimate of drug-likeness (QED) is 0.108. The number of hydrogen-bond acceptors (Lipinski definition) is 18. The van der Waals surface area contributed by atoms with Gasteiger partial charge in [0, 0.05) is 31.9 Å². The molecule has 300 valence electrons. The topological polar surface area (TPSA) is 266 Å². The fourth-order valence-electron chi connectivity index (χ4n) is 6.66. The number of ether oxygens (including phenoxy) is 8. The average molecular weight is 766 g/mol. The van der Waals surface area contributed by atoms with Gasteiger partial charge in [-0.1, -0.05) is 6.92 Å². The lowest BCUT2D eigenvalue weighted by Gasteiger charge is -2.47. The van der Waals surface area contributed by atoms with Gasteiger partial charge in [-0.25, -0.2) is 0 Å². The summed E-state index contributed by atoms with van der Waals surface area (Å²) in [6.45, 7) is 0.178. The minimum atomic E-state index is -1.43.